The second-order valence-corrected chi connectivity index (χ2v) is 5.58. The monoisotopic (exact) mass is 300 g/mol. The van der Waals surface area contributed by atoms with Crippen molar-refractivity contribution in [1.29, 1.82) is 0 Å². The lowest BCUT2D eigenvalue weighted by Gasteiger charge is -2.38. The van der Waals surface area contributed by atoms with Crippen LogP contribution in [-0.2, 0) is 11.3 Å². The van der Waals surface area contributed by atoms with E-state index < -0.39 is 0 Å². The fraction of sp³-hybridized carbons (Fsp3) is 0.467. The van der Waals surface area contributed by atoms with Crippen molar-refractivity contribution in [3.8, 4) is 11.4 Å². The first kappa shape index (κ1) is 14.6. The fourth-order valence-electron chi connectivity index (χ4n) is 2.63. The molecule has 0 radical (unpaired) electrons. The molecule has 0 spiro atoms. The Morgan fingerprint density at radius 3 is 2.86 bits per heavy atom. The molecule has 1 amide bonds. The van der Waals surface area contributed by atoms with Crippen LogP contribution in [0.5, 0.6) is 0 Å². The first-order chi connectivity index (χ1) is 10.6. The maximum absolute atomic E-state index is 12.4. The summed E-state index contributed by atoms with van der Waals surface area (Å²) >= 11 is 0. The number of tetrazole rings is 1. The summed E-state index contributed by atoms with van der Waals surface area (Å²) in [4.78, 5) is 15.7. The molecule has 1 aliphatic rings. The minimum absolute atomic E-state index is 0.0258. The van der Waals surface area contributed by atoms with E-state index in [4.69, 9.17) is 0 Å². The van der Waals surface area contributed by atoms with Gasteiger partial charge in [-0.25, -0.2) is 0 Å². The van der Waals surface area contributed by atoms with Gasteiger partial charge >= 0.3 is 0 Å². The number of nitrogens with zero attached hydrogens (tertiary/aromatic N) is 5. The molecule has 0 bridgehead atoms. The smallest absolute Gasteiger partial charge is 0.246 e. The van der Waals surface area contributed by atoms with Gasteiger partial charge in [-0.15, -0.1) is 10.2 Å². The summed E-state index contributed by atoms with van der Waals surface area (Å²) in [6, 6.07) is 10.1. The predicted molar refractivity (Wildman–Crippen MR) is 81.9 cm³/mol. The second-order valence-electron chi connectivity index (χ2n) is 5.58. The zero-order valence-electron chi connectivity index (χ0n) is 12.8. The lowest BCUT2D eigenvalue weighted by molar-refractivity contribution is -0.136. The first-order valence-corrected chi connectivity index (χ1v) is 7.51. The number of piperazine rings is 1. The number of nitrogens with one attached hydrogen (secondary N) is 1. The van der Waals surface area contributed by atoms with E-state index in [0.717, 1.165) is 12.1 Å². The molecule has 7 heteroatoms. The molecule has 2 atom stereocenters. The average Bonchev–Trinajstić information content (AvgIpc) is 2.99. The Hall–Kier alpha value is -2.28. The molecule has 2 aromatic rings. The summed E-state index contributed by atoms with van der Waals surface area (Å²) in [6.07, 6.45) is 0. The molecular weight excluding hydrogens is 280 g/mol. The highest BCUT2D eigenvalue weighted by atomic mass is 16.2. The maximum Gasteiger partial charge on any atom is 0.246 e. The lowest BCUT2D eigenvalue weighted by atomic mass is 10.1. The Bertz CT molecular complexity index is 640. The van der Waals surface area contributed by atoms with E-state index >= 15 is 0 Å². The molecule has 1 aromatic carbocycles. The zero-order chi connectivity index (χ0) is 15.5. The van der Waals surface area contributed by atoms with Gasteiger partial charge in [-0.1, -0.05) is 30.3 Å². The van der Waals surface area contributed by atoms with Gasteiger partial charge in [0.2, 0.25) is 11.7 Å². The van der Waals surface area contributed by atoms with Crippen LogP contribution in [0.4, 0.5) is 0 Å². The highest BCUT2D eigenvalue weighted by Crippen LogP contribution is 2.13. The van der Waals surface area contributed by atoms with E-state index in [-0.39, 0.29) is 18.5 Å². The molecule has 2 unspecified atom stereocenters. The van der Waals surface area contributed by atoms with E-state index in [1.54, 1.807) is 0 Å². The third-order valence-electron chi connectivity index (χ3n) is 4.12. The van der Waals surface area contributed by atoms with Crippen LogP contribution in [0, 0.1) is 0 Å². The Morgan fingerprint density at radius 1 is 1.32 bits per heavy atom. The van der Waals surface area contributed by atoms with Crippen molar-refractivity contribution < 1.29 is 4.79 Å². The van der Waals surface area contributed by atoms with Crippen LogP contribution in [0.15, 0.2) is 30.3 Å². The van der Waals surface area contributed by atoms with Crippen molar-refractivity contribution in [2.45, 2.75) is 32.5 Å². The van der Waals surface area contributed by atoms with E-state index in [1.807, 2.05) is 35.2 Å². The van der Waals surface area contributed by atoms with Crippen LogP contribution in [0.25, 0.3) is 11.4 Å². The molecule has 0 aliphatic carbocycles. The number of hydrogen-bond donors (Lipinski definition) is 1. The summed E-state index contributed by atoms with van der Waals surface area (Å²) in [6.45, 7) is 5.79. The van der Waals surface area contributed by atoms with Crippen LogP contribution in [0.3, 0.4) is 0 Å². The van der Waals surface area contributed by atoms with Gasteiger partial charge in [0.15, 0.2) is 0 Å². The number of carbonyl (C=O) groups excluding carboxylic acids is 1. The second kappa shape index (κ2) is 6.23. The minimum Gasteiger partial charge on any atom is -0.335 e. The van der Waals surface area contributed by atoms with Gasteiger partial charge in [-0.2, -0.15) is 4.80 Å². The van der Waals surface area contributed by atoms with Gasteiger partial charge in [0, 0.05) is 30.7 Å². The van der Waals surface area contributed by atoms with Crippen LogP contribution >= 0.6 is 0 Å². The fourth-order valence-corrected chi connectivity index (χ4v) is 2.63. The summed E-state index contributed by atoms with van der Waals surface area (Å²) in [5, 5.41) is 15.7. The number of aromatic nitrogens is 4. The number of carbonyl (C=O) groups is 1. The standard InChI is InChI=1S/C15H20N6O/c1-11-12(2)20(9-8-16-11)14(22)10-21-18-15(17-19-21)13-6-4-3-5-7-13/h3-7,11-12,16H,8-10H2,1-2H3. The minimum atomic E-state index is 0.0258. The topological polar surface area (TPSA) is 75.9 Å². The highest BCUT2D eigenvalue weighted by molar-refractivity contribution is 5.76. The van der Waals surface area contributed by atoms with Crippen molar-refractivity contribution >= 4 is 5.91 Å². The van der Waals surface area contributed by atoms with Crippen molar-refractivity contribution in [2.24, 2.45) is 0 Å². The van der Waals surface area contributed by atoms with Crippen LogP contribution < -0.4 is 5.32 Å². The molecule has 116 valence electrons. The van der Waals surface area contributed by atoms with Crippen LogP contribution in [0.1, 0.15) is 13.8 Å². The number of amides is 1. The van der Waals surface area contributed by atoms with Gasteiger partial charge in [0.25, 0.3) is 0 Å². The molecule has 1 aromatic heterocycles. The number of hydrogen-bond acceptors (Lipinski definition) is 5. The molecular formula is C15H20N6O. The van der Waals surface area contributed by atoms with Crippen LogP contribution in [0.2, 0.25) is 0 Å². The van der Waals surface area contributed by atoms with Crippen molar-refractivity contribution in [1.82, 2.24) is 30.4 Å². The highest BCUT2D eigenvalue weighted by Gasteiger charge is 2.28. The van der Waals surface area contributed by atoms with Gasteiger partial charge < -0.3 is 10.2 Å². The number of benzene rings is 1. The van der Waals surface area contributed by atoms with Crippen LogP contribution in [-0.4, -0.2) is 56.2 Å². The molecule has 0 saturated carbocycles. The van der Waals surface area contributed by atoms with E-state index in [1.165, 1.54) is 4.80 Å². The van der Waals surface area contributed by atoms with E-state index in [9.17, 15) is 4.79 Å². The third kappa shape index (κ3) is 2.99. The normalized spacial score (nSPS) is 21.8. The largest absolute Gasteiger partial charge is 0.335 e. The van der Waals surface area contributed by atoms with E-state index in [0.29, 0.717) is 18.4 Å². The zero-order valence-corrected chi connectivity index (χ0v) is 12.8. The van der Waals surface area contributed by atoms with Gasteiger partial charge in [-0.05, 0) is 19.1 Å². The molecule has 1 fully saturated rings. The Kier molecular flexibility index (Phi) is 4.15. The molecule has 1 saturated heterocycles. The maximum atomic E-state index is 12.4. The molecule has 7 nitrogen and oxygen atoms in total. The summed E-state index contributed by atoms with van der Waals surface area (Å²) < 4.78 is 0. The molecule has 2 heterocycles. The molecule has 1 aliphatic heterocycles. The third-order valence-corrected chi connectivity index (χ3v) is 4.12. The molecule has 1 N–H and O–H groups in total. The SMILES string of the molecule is CC1NCCN(C(=O)Cn2nnc(-c3ccccc3)n2)C1C. The van der Waals surface area contributed by atoms with Crippen molar-refractivity contribution in [3.05, 3.63) is 30.3 Å². The summed E-state index contributed by atoms with van der Waals surface area (Å²) in [7, 11) is 0. The quantitative estimate of drug-likeness (QED) is 0.896. The Balaban J connectivity index is 1.69. The van der Waals surface area contributed by atoms with Crippen molar-refractivity contribution in [2.75, 3.05) is 13.1 Å². The lowest BCUT2D eigenvalue weighted by Crippen LogP contribution is -2.57. The molecule has 22 heavy (non-hydrogen) atoms. The molecule has 3 rings (SSSR count). The van der Waals surface area contributed by atoms with Gasteiger partial charge in [-0.3, -0.25) is 4.79 Å². The van der Waals surface area contributed by atoms with Gasteiger partial charge in [0.05, 0.1) is 0 Å². The van der Waals surface area contributed by atoms with Gasteiger partial charge in [0.1, 0.15) is 6.54 Å². The van der Waals surface area contributed by atoms with E-state index in [2.05, 4.69) is 34.6 Å². The Labute approximate surface area is 129 Å². The summed E-state index contributed by atoms with van der Waals surface area (Å²) in [5.74, 6) is 0.563. The summed E-state index contributed by atoms with van der Waals surface area (Å²) in [5.41, 5.74) is 0.894. The predicted octanol–water partition coefficient (Wildman–Crippen LogP) is 0.549. The first-order valence-electron chi connectivity index (χ1n) is 7.51. The average molecular weight is 300 g/mol. The number of rotatable bonds is 3. The Morgan fingerprint density at radius 2 is 2.09 bits per heavy atom. The van der Waals surface area contributed by atoms with Crippen molar-refractivity contribution in [3.63, 3.8) is 0 Å².